The molecule has 15 heavy (non-hydrogen) atoms. The Hall–Kier alpha value is -1.000. The highest BCUT2D eigenvalue weighted by Gasteiger charge is 2.06. The van der Waals surface area contributed by atoms with Crippen molar-refractivity contribution in [1.82, 2.24) is 0 Å². The van der Waals surface area contributed by atoms with Gasteiger partial charge in [-0.25, -0.2) is 0 Å². The summed E-state index contributed by atoms with van der Waals surface area (Å²) in [6, 6.07) is 12.0. The van der Waals surface area contributed by atoms with Crippen molar-refractivity contribution in [3.05, 3.63) is 40.2 Å². The van der Waals surface area contributed by atoms with Crippen LogP contribution >= 0.6 is 27.3 Å². The molecule has 0 saturated heterocycles. The summed E-state index contributed by atoms with van der Waals surface area (Å²) >= 11 is 5.15. The van der Waals surface area contributed by atoms with Crippen LogP contribution in [0.25, 0.3) is 0 Å². The molecule has 2 N–H and O–H groups in total. The minimum absolute atomic E-state index is 0.787. The lowest BCUT2D eigenvalue weighted by atomic mass is 10.2. The van der Waals surface area contributed by atoms with E-state index in [0.29, 0.717) is 0 Å². The van der Waals surface area contributed by atoms with Gasteiger partial charge in [-0.15, -0.1) is 11.3 Å². The first-order chi connectivity index (χ1) is 7.16. The number of benzene rings is 1. The van der Waals surface area contributed by atoms with E-state index in [1.807, 2.05) is 37.4 Å². The molecule has 0 fully saturated rings. The van der Waals surface area contributed by atoms with Crippen LogP contribution in [-0.2, 0) is 0 Å². The standard InChI is InChI=1S/C11H11BrN2S/c1-14(11-6-5-10(12)15-11)9-4-2-3-8(13)7-9/h2-7H,13H2,1H3. The minimum Gasteiger partial charge on any atom is -0.399 e. The Morgan fingerprint density at radius 2 is 2.07 bits per heavy atom. The third kappa shape index (κ3) is 2.33. The van der Waals surface area contributed by atoms with E-state index in [0.717, 1.165) is 15.2 Å². The van der Waals surface area contributed by atoms with Crippen LogP contribution < -0.4 is 10.6 Å². The van der Waals surface area contributed by atoms with Gasteiger partial charge in [-0.2, -0.15) is 0 Å². The highest BCUT2D eigenvalue weighted by Crippen LogP contribution is 2.33. The van der Waals surface area contributed by atoms with Crippen LogP contribution in [0.2, 0.25) is 0 Å². The molecule has 0 atom stereocenters. The molecular weight excluding hydrogens is 272 g/mol. The van der Waals surface area contributed by atoms with Gasteiger partial charge < -0.3 is 10.6 Å². The van der Waals surface area contributed by atoms with Crippen molar-refractivity contribution in [3.8, 4) is 0 Å². The summed E-state index contributed by atoms with van der Waals surface area (Å²) < 4.78 is 1.13. The number of rotatable bonds is 2. The van der Waals surface area contributed by atoms with Crippen molar-refractivity contribution in [1.29, 1.82) is 0 Å². The zero-order chi connectivity index (χ0) is 10.8. The second-order valence-electron chi connectivity index (χ2n) is 3.23. The highest BCUT2D eigenvalue weighted by molar-refractivity contribution is 9.11. The number of anilines is 3. The lowest BCUT2D eigenvalue weighted by Crippen LogP contribution is -2.07. The molecule has 0 saturated carbocycles. The molecule has 0 radical (unpaired) electrons. The summed E-state index contributed by atoms with van der Waals surface area (Å²) in [5, 5.41) is 1.19. The van der Waals surface area contributed by atoms with Crippen molar-refractivity contribution < 1.29 is 0 Å². The smallest absolute Gasteiger partial charge is 0.0962 e. The molecule has 4 heteroatoms. The average Bonchev–Trinajstić information content (AvgIpc) is 2.64. The van der Waals surface area contributed by atoms with Gasteiger partial charge in [-0.3, -0.25) is 0 Å². The second kappa shape index (κ2) is 4.24. The zero-order valence-corrected chi connectivity index (χ0v) is 10.7. The van der Waals surface area contributed by atoms with Crippen LogP contribution in [0.5, 0.6) is 0 Å². The van der Waals surface area contributed by atoms with E-state index < -0.39 is 0 Å². The Bertz CT molecular complexity index is 467. The second-order valence-corrected chi connectivity index (χ2v) is 5.67. The summed E-state index contributed by atoms with van der Waals surface area (Å²) in [5.74, 6) is 0. The molecule has 0 bridgehead atoms. The van der Waals surface area contributed by atoms with Crippen LogP contribution in [-0.4, -0.2) is 7.05 Å². The Balaban J connectivity index is 2.32. The monoisotopic (exact) mass is 282 g/mol. The molecule has 0 aliphatic rings. The molecule has 0 aliphatic carbocycles. The van der Waals surface area contributed by atoms with E-state index in [4.69, 9.17) is 5.73 Å². The largest absolute Gasteiger partial charge is 0.399 e. The zero-order valence-electron chi connectivity index (χ0n) is 8.27. The quantitative estimate of drug-likeness (QED) is 0.848. The summed E-state index contributed by atoms with van der Waals surface area (Å²) in [6.45, 7) is 0. The van der Waals surface area contributed by atoms with Gasteiger partial charge in [-0.05, 0) is 46.3 Å². The number of nitrogens with two attached hydrogens (primary N) is 1. The van der Waals surface area contributed by atoms with Gasteiger partial charge in [0.1, 0.15) is 0 Å². The van der Waals surface area contributed by atoms with E-state index in [-0.39, 0.29) is 0 Å². The van der Waals surface area contributed by atoms with E-state index in [1.165, 1.54) is 5.00 Å². The van der Waals surface area contributed by atoms with Gasteiger partial charge in [0, 0.05) is 18.4 Å². The van der Waals surface area contributed by atoms with Crippen LogP contribution in [0.1, 0.15) is 0 Å². The molecule has 0 unspecified atom stereocenters. The molecule has 1 aromatic heterocycles. The molecular formula is C11H11BrN2S. The number of thiophene rings is 1. The maximum Gasteiger partial charge on any atom is 0.0962 e. The molecule has 0 spiro atoms. The van der Waals surface area contributed by atoms with Crippen LogP contribution in [0.4, 0.5) is 16.4 Å². The summed E-state index contributed by atoms with van der Waals surface area (Å²) in [6.07, 6.45) is 0. The fourth-order valence-corrected chi connectivity index (χ4v) is 2.69. The summed E-state index contributed by atoms with van der Waals surface area (Å²) in [4.78, 5) is 2.12. The van der Waals surface area contributed by atoms with Gasteiger partial charge in [0.25, 0.3) is 0 Å². The molecule has 1 aromatic carbocycles. The summed E-state index contributed by atoms with van der Waals surface area (Å²) in [5.41, 5.74) is 7.64. The van der Waals surface area contributed by atoms with Crippen molar-refractivity contribution in [2.75, 3.05) is 17.7 Å². The first-order valence-electron chi connectivity index (χ1n) is 4.51. The van der Waals surface area contributed by atoms with Crippen LogP contribution in [0, 0.1) is 0 Å². The molecule has 0 amide bonds. The van der Waals surface area contributed by atoms with Crippen LogP contribution in [0.3, 0.4) is 0 Å². The highest BCUT2D eigenvalue weighted by atomic mass is 79.9. The first-order valence-corrected chi connectivity index (χ1v) is 6.12. The van der Waals surface area contributed by atoms with Crippen molar-refractivity contribution >= 4 is 43.6 Å². The van der Waals surface area contributed by atoms with Crippen molar-refractivity contribution in [2.45, 2.75) is 0 Å². The Morgan fingerprint density at radius 3 is 2.67 bits per heavy atom. The Labute approximate surface area is 101 Å². The van der Waals surface area contributed by atoms with E-state index in [2.05, 4.69) is 26.9 Å². The summed E-state index contributed by atoms with van der Waals surface area (Å²) in [7, 11) is 2.03. The predicted molar refractivity (Wildman–Crippen MR) is 70.9 cm³/mol. The number of hydrogen-bond acceptors (Lipinski definition) is 3. The third-order valence-corrected chi connectivity index (χ3v) is 3.85. The van der Waals surface area contributed by atoms with Gasteiger partial charge in [0.15, 0.2) is 0 Å². The predicted octanol–water partition coefficient (Wildman–Crippen LogP) is 3.86. The maximum absolute atomic E-state index is 5.75. The molecule has 2 aromatic rings. The lowest BCUT2D eigenvalue weighted by molar-refractivity contribution is 1.24. The first kappa shape index (κ1) is 10.5. The van der Waals surface area contributed by atoms with Crippen molar-refractivity contribution in [2.24, 2.45) is 0 Å². The normalized spacial score (nSPS) is 10.3. The van der Waals surface area contributed by atoms with Gasteiger partial charge in [-0.1, -0.05) is 6.07 Å². The molecule has 2 nitrogen and oxygen atoms in total. The number of nitrogen functional groups attached to an aromatic ring is 1. The molecule has 2 rings (SSSR count). The molecule has 78 valence electrons. The Kier molecular flexibility index (Phi) is 2.98. The van der Waals surface area contributed by atoms with Gasteiger partial charge in [0.05, 0.1) is 8.79 Å². The SMILES string of the molecule is CN(c1cccc(N)c1)c1ccc(Br)s1. The van der Waals surface area contributed by atoms with Crippen LogP contribution in [0.15, 0.2) is 40.2 Å². The van der Waals surface area contributed by atoms with E-state index in [1.54, 1.807) is 11.3 Å². The minimum atomic E-state index is 0.787. The van der Waals surface area contributed by atoms with Crippen molar-refractivity contribution in [3.63, 3.8) is 0 Å². The van der Waals surface area contributed by atoms with E-state index in [9.17, 15) is 0 Å². The molecule has 0 aliphatic heterocycles. The van der Waals surface area contributed by atoms with Gasteiger partial charge >= 0.3 is 0 Å². The fraction of sp³-hybridized carbons (Fsp3) is 0.0909. The fourth-order valence-electron chi connectivity index (χ4n) is 1.35. The molecule has 1 heterocycles. The number of nitrogens with zero attached hydrogens (tertiary/aromatic N) is 1. The lowest BCUT2D eigenvalue weighted by Gasteiger charge is -2.17. The average molecular weight is 283 g/mol. The van der Waals surface area contributed by atoms with E-state index >= 15 is 0 Å². The topological polar surface area (TPSA) is 29.3 Å². The number of hydrogen-bond donors (Lipinski definition) is 1. The number of halogens is 1. The van der Waals surface area contributed by atoms with Gasteiger partial charge in [0.2, 0.25) is 0 Å². The maximum atomic E-state index is 5.75. The Morgan fingerprint density at radius 1 is 1.27 bits per heavy atom. The third-order valence-electron chi connectivity index (χ3n) is 2.15.